The van der Waals surface area contributed by atoms with Gasteiger partial charge in [0.05, 0.1) is 0 Å². The molecule has 0 N–H and O–H groups in total. The summed E-state index contributed by atoms with van der Waals surface area (Å²) in [7, 11) is 0. The second kappa shape index (κ2) is 7.55. The third-order valence-corrected chi connectivity index (χ3v) is 0.979. The molecule has 10 heteroatoms. The summed E-state index contributed by atoms with van der Waals surface area (Å²) >= 11 is 0. The molecule has 0 nitrogen and oxygen atoms in total. The molecule has 0 rings (SSSR count). The van der Waals surface area contributed by atoms with Crippen LogP contribution in [0.25, 0.3) is 0 Å². The molecule has 0 atom stereocenters. The average molecular weight is 268 g/mol. The summed E-state index contributed by atoms with van der Waals surface area (Å²) in [5, 5.41) is 0. The third-order valence-electron chi connectivity index (χ3n) is 0.979. The van der Waals surface area contributed by atoms with Crippen molar-refractivity contribution in [2.75, 3.05) is 6.67 Å². The minimum Gasteiger partial charge on any atom is -0.244 e. The van der Waals surface area contributed by atoms with Gasteiger partial charge in [0.2, 0.25) is 6.17 Å². The van der Waals surface area contributed by atoms with Crippen molar-refractivity contribution in [3.63, 3.8) is 0 Å². The van der Waals surface area contributed by atoms with E-state index in [4.69, 9.17) is 0 Å². The lowest BCUT2D eigenvalue weighted by molar-refractivity contribution is -0.139. The molecule has 0 aliphatic heterocycles. The summed E-state index contributed by atoms with van der Waals surface area (Å²) in [5.41, 5.74) is 0. The molecule has 0 bridgehead atoms. The number of halogens is 10. The summed E-state index contributed by atoms with van der Waals surface area (Å²) in [4.78, 5) is 0. The second-order valence-electron chi connectivity index (χ2n) is 2.31. The molecule has 0 heterocycles. The Hall–Kier alpha value is -0.700. The zero-order valence-electron chi connectivity index (χ0n) is 7.30. The van der Waals surface area contributed by atoms with Crippen LogP contribution < -0.4 is 0 Å². The Morgan fingerprint density at radius 2 is 1.06 bits per heavy atom. The van der Waals surface area contributed by atoms with Gasteiger partial charge in [-0.15, -0.1) is 0 Å². The van der Waals surface area contributed by atoms with E-state index in [1.165, 1.54) is 0 Å². The minimum absolute atomic E-state index is 2.30. The molecule has 0 aromatic carbocycles. The molecular weight excluding hydrogens is 262 g/mol. The molecule has 16 heavy (non-hydrogen) atoms. The summed E-state index contributed by atoms with van der Waals surface area (Å²) in [6, 6.07) is 0. The molecule has 100 valence electrons. The van der Waals surface area contributed by atoms with Crippen molar-refractivity contribution in [2.45, 2.75) is 31.4 Å². The van der Waals surface area contributed by atoms with Crippen molar-refractivity contribution in [3.8, 4) is 0 Å². The molecule has 0 aliphatic carbocycles. The molecule has 0 aliphatic rings. The second-order valence-corrected chi connectivity index (χ2v) is 2.31. The molecule has 0 saturated heterocycles. The maximum atomic E-state index is 11.2. The Kier molecular flexibility index (Phi) is 8.35. The quantitative estimate of drug-likeness (QED) is 0.682. The van der Waals surface area contributed by atoms with Crippen LogP contribution in [0.5, 0.6) is 0 Å². The van der Waals surface area contributed by atoms with E-state index in [2.05, 4.69) is 0 Å². The molecule has 0 unspecified atom stereocenters. The first-order valence-corrected chi connectivity index (χ1v) is 3.48. The van der Waals surface area contributed by atoms with Crippen LogP contribution in [0.15, 0.2) is 0 Å². The van der Waals surface area contributed by atoms with Crippen LogP contribution in [0.3, 0.4) is 0 Å². The van der Waals surface area contributed by atoms with E-state index in [-0.39, 0.29) is 0 Å². The fourth-order valence-corrected chi connectivity index (χ4v) is 0.168. The Bertz CT molecular complexity index is 159. The topological polar surface area (TPSA) is 0 Å². The highest BCUT2D eigenvalue weighted by Gasteiger charge is 2.40. The normalized spacial score (nSPS) is 12.4. The fraction of sp³-hybridized carbons (Fsp3) is 1.00. The van der Waals surface area contributed by atoms with Gasteiger partial charge in [-0.3, -0.25) is 0 Å². The maximum absolute atomic E-state index is 11.2. The van der Waals surface area contributed by atoms with E-state index in [1.807, 2.05) is 0 Å². The first kappa shape index (κ1) is 17.7. The van der Waals surface area contributed by atoms with Gasteiger partial charge in [-0.1, -0.05) is 0 Å². The molecule has 0 saturated carbocycles. The van der Waals surface area contributed by atoms with Crippen LogP contribution in [0.1, 0.15) is 0 Å². The van der Waals surface area contributed by atoms with E-state index in [0.29, 0.717) is 0 Å². The van der Waals surface area contributed by atoms with Crippen molar-refractivity contribution in [1.29, 1.82) is 0 Å². The van der Waals surface area contributed by atoms with Gasteiger partial charge in [0.1, 0.15) is 0 Å². The van der Waals surface area contributed by atoms with Crippen molar-refractivity contribution in [1.82, 2.24) is 0 Å². The van der Waals surface area contributed by atoms with Gasteiger partial charge in [-0.05, 0) is 0 Å². The van der Waals surface area contributed by atoms with Crippen molar-refractivity contribution in [3.05, 3.63) is 0 Å². The standard InChI is InChI=1S/2C3H3F5/c4-1-3(7,8)2(5)6;4-1(2(5)6)3(7)8/h2H,1H2;1-3H. The van der Waals surface area contributed by atoms with Gasteiger partial charge >= 0.3 is 12.3 Å². The van der Waals surface area contributed by atoms with Crippen molar-refractivity contribution in [2.24, 2.45) is 0 Å². The predicted molar refractivity (Wildman–Crippen MR) is 33.8 cm³/mol. The zero-order chi connectivity index (χ0) is 13.5. The smallest absolute Gasteiger partial charge is 0.244 e. The molecular formula is C6H6F10. The molecule has 0 fully saturated rings. The van der Waals surface area contributed by atoms with E-state index in [1.54, 1.807) is 0 Å². The van der Waals surface area contributed by atoms with Crippen LogP contribution in [0.2, 0.25) is 0 Å². The van der Waals surface area contributed by atoms with Crippen LogP contribution >= 0.6 is 0 Å². The molecule has 0 aromatic rings. The van der Waals surface area contributed by atoms with Crippen LogP contribution in [0.4, 0.5) is 43.9 Å². The Balaban J connectivity index is 0. The van der Waals surface area contributed by atoms with E-state index in [9.17, 15) is 43.9 Å². The third kappa shape index (κ3) is 7.57. The lowest BCUT2D eigenvalue weighted by Crippen LogP contribution is -2.28. The van der Waals surface area contributed by atoms with Gasteiger partial charge in [0.25, 0.3) is 12.9 Å². The van der Waals surface area contributed by atoms with Crippen LogP contribution in [-0.4, -0.2) is 38.0 Å². The predicted octanol–water partition coefficient (Wildman–Crippen LogP) is 3.71. The first-order valence-electron chi connectivity index (χ1n) is 3.48. The summed E-state index contributed by atoms with van der Waals surface area (Å²) < 4.78 is 109. The largest absolute Gasteiger partial charge is 0.335 e. The number of alkyl halides is 10. The van der Waals surface area contributed by atoms with Gasteiger partial charge in [-0.25, -0.2) is 35.1 Å². The minimum atomic E-state index is -4.46. The summed E-state index contributed by atoms with van der Waals surface area (Å²) in [6.07, 6.45) is -14.3. The summed E-state index contributed by atoms with van der Waals surface area (Å²) in [6.45, 7) is -2.30. The summed E-state index contributed by atoms with van der Waals surface area (Å²) in [5.74, 6) is -4.46. The van der Waals surface area contributed by atoms with Gasteiger partial charge in [0.15, 0.2) is 6.67 Å². The highest BCUT2D eigenvalue weighted by molar-refractivity contribution is 4.65. The average Bonchev–Trinajstić information content (AvgIpc) is 2.17. The Labute approximate surface area is 83.2 Å². The van der Waals surface area contributed by atoms with E-state index >= 15 is 0 Å². The number of hydrogen-bond donors (Lipinski definition) is 0. The lowest BCUT2D eigenvalue weighted by Gasteiger charge is -2.08. The SMILES string of the molecule is FC(F)C(F)C(F)F.FCC(F)(F)C(F)F. The van der Waals surface area contributed by atoms with Gasteiger partial charge < -0.3 is 0 Å². The molecule has 0 radical (unpaired) electrons. The highest BCUT2D eigenvalue weighted by Crippen LogP contribution is 2.22. The Morgan fingerprint density at radius 3 is 1.06 bits per heavy atom. The zero-order valence-corrected chi connectivity index (χ0v) is 7.30. The highest BCUT2D eigenvalue weighted by atomic mass is 19.3. The van der Waals surface area contributed by atoms with Crippen LogP contribution in [0, 0.1) is 0 Å². The van der Waals surface area contributed by atoms with Crippen molar-refractivity contribution >= 4 is 0 Å². The first-order chi connectivity index (χ1) is 7.06. The number of hydrogen-bond acceptors (Lipinski definition) is 0. The molecule has 0 aromatic heterocycles. The van der Waals surface area contributed by atoms with Gasteiger partial charge in [0, 0.05) is 0 Å². The van der Waals surface area contributed by atoms with Gasteiger partial charge in [-0.2, -0.15) is 8.78 Å². The Morgan fingerprint density at radius 1 is 0.750 bits per heavy atom. The fourth-order valence-electron chi connectivity index (χ4n) is 0.168. The van der Waals surface area contributed by atoms with E-state index < -0.39 is 38.0 Å². The molecule has 0 amide bonds. The maximum Gasteiger partial charge on any atom is 0.335 e. The monoisotopic (exact) mass is 268 g/mol. The van der Waals surface area contributed by atoms with E-state index in [0.717, 1.165) is 0 Å². The van der Waals surface area contributed by atoms with Crippen molar-refractivity contribution < 1.29 is 43.9 Å². The number of rotatable bonds is 4. The lowest BCUT2D eigenvalue weighted by atomic mass is 10.4. The molecule has 0 spiro atoms. The van der Waals surface area contributed by atoms with Crippen LogP contribution in [-0.2, 0) is 0 Å².